The SMILES string of the molecule is c1ccc(-c2nc(-c3ccccc3)nc(-c3cccc(Nc4ccc(-n5c6ccccc6c6ccc7c8ccccc8n(-c8ccccc8)c7c65)cc4)c3)n2)cc1. The van der Waals surface area contributed by atoms with Gasteiger partial charge in [-0.1, -0.05) is 140 Å². The molecule has 11 rings (SSSR count). The summed E-state index contributed by atoms with van der Waals surface area (Å²) in [6.45, 7) is 0. The Morgan fingerprint density at radius 2 is 0.754 bits per heavy atom. The van der Waals surface area contributed by atoms with Crippen molar-refractivity contribution in [2.24, 2.45) is 0 Å². The minimum absolute atomic E-state index is 0.618. The lowest BCUT2D eigenvalue weighted by Crippen LogP contribution is -2.00. The normalized spacial score (nSPS) is 11.5. The Morgan fingerprint density at radius 1 is 0.316 bits per heavy atom. The minimum atomic E-state index is 0.618. The first kappa shape index (κ1) is 32.6. The van der Waals surface area contributed by atoms with Gasteiger partial charge in [-0.15, -0.1) is 0 Å². The molecule has 268 valence electrons. The Labute approximate surface area is 329 Å². The zero-order valence-electron chi connectivity index (χ0n) is 30.8. The molecule has 0 atom stereocenters. The van der Waals surface area contributed by atoms with Crippen LogP contribution in [0.3, 0.4) is 0 Å². The molecule has 0 radical (unpaired) electrons. The zero-order valence-corrected chi connectivity index (χ0v) is 30.8. The topological polar surface area (TPSA) is 60.6 Å². The van der Waals surface area contributed by atoms with Crippen molar-refractivity contribution in [1.82, 2.24) is 24.1 Å². The molecular formula is C51H34N6. The number of aromatic nitrogens is 5. The molecule has 0 aliphatic rings. The number of hydrogen-bond donors (Lipinski definition) is 1. The standard InChI is InChI=1S/C51H34N6/c1-4-15-34(16-5-1)49-53-50(35-17-6-2-7-18-35)55-51(54-49)36-19-14-20-38(33-36)52-37-27-29-40(30-28-37)57-46-26-13-11-24-42(46)44-32-31-43-41-23-10-12-25-45(41)56(47(43)48(44)57)39-21-8-3-9-22-39/h1-33,52H. The summed E-state index contributed by atoms with van der Waals surface area (Å²) in [5.74, 6) is 1.90. The lowest BCUT2D eigenvalue weighted by molar-refractivity contribution is 1.07. The molecule has 8 aromatic carbocycles. The molecule has 6 heteroatoms. The van der Waals surface area contributed by atoms with Gasteiger partial charge in [0.25, 0.3) is 0 Å². The molecule has 0 spiro atoms. The fourth-order valence-corrected chi connectivity index (χ4v) is 8.15. The zero-order chi connectivity index (χ0) is 37.7. The first-order valence-corrected chi connectivity index (χ1v) is 19.1. The molecular weight excluding hydrogens is 697 g/mol. The average Bonchev–Trinajstić information content (AvgIpc) is 3.81. The second-order valence-electron chi connectivity index (χ2n) is 14.2. The Hall–Kier alpha value is -7.83. The largest absolute Gasteiger partial charge is 0.356 e. The lowest BCUT2D eigenvalue weighted by Gasteiger charge is -2.14. The molecule has 3 heterocycles. The molecule has 0 amide bonds. The number of benzene rings is 8. The van der Waals surface area contributed by atoms with Crippen LogP contribution in [0.2, 0.25) is 0 Å². The second kappa shape index (κ2) is 13.5. The molecule has 0 aliphatic carbocycles. The first-order chi connectivity index (χ1) is 28.3. The smallest absolute Gasteiger partial charge is 0.164 e. The molecule has 11 aromatic rings. The summed E-state index contributed by atoms with van der Waals surface area (Å²) in [5.41, 5.74) is 11.7. The number of anilines is 2. The van der Waals surface area contributed by atoms with Crippen LogP contribution in [0.25, 0.3) is 89.2 Å². The average molecular weight is 731 g/mol. The van der Waals surface area contributed by atoms with Gasteiger partial charge in [-0.2, -0.15) is 0 Å². The highest BCUT2D eigenvalue weighted by Crippen LogP contribution is 2.41. The summed E-state index contributed by atoms with van der Waals surface area (Å²) < 4.78 is 4.84. The maximum absolute atomic E-state index is 4.94. The van der Waals surface area contributed by atoms with E-state index < -0.39 is 0 Å². The summed E-state index contributed by atoms with van der Waals surface area (Å²) in [6, 6.07) is 69.8. The van der Waals surface area contributed by atoms with Gasteiger partial charge in [0.15, 0.2) is 17.5 Å². The molecule has 0 unspecified atom stereocenters. The van der Waals surface area contributed by atoms with Crippen LogP contribution < -0.4 is 5.32 Å². The third-order valence-electron chi connectivity index (χ3n) is 10.7. The van der Waals surface area contributed by atoms with E-state index >= 15 is 0 Å². The Morgan fingerprint density at radius 3 is 1.30 bits per heavy atom. The molecule has 0 bridgehead atoms. The van der Waals surface area contributed by atoms with Crippen LogP contribution in [0.4, 0.5) is 11.4 Å². The van der Waals surface area contributed by atoms with E-state index in [0.717, 1.165) is 39.4 Å². The van der Waals surface area contributed by atoms with Crippen molar-refractivity contribution in [2.75, 3.05) is 5.32 Å². The third kappa shape index (κ3) is 5.62. The third-order valence-corrected chi connectivity index (χ3v) is 10.7. The number of para-hydroxylation sites is 3. The molecule has 3 aromatic heterocycles. The van der Waals surface area contributed by atoms with Gasteiger partial charge in [0.05, 0.1) is 22.1 Å². The fourth-order valence-electron chi connectivity index (χ4n) is 8.15. The van der Waals surface area contributed by atoms with E-state index in [1.165, 1.54) is 43.6 Å². The molecule has 57 heavy (non-hydrogen) atoms. The Kier molecular flexibility index (Phi) is 7.71. The predicted molar refractivity (Wildman–Crippen MR) is 235 cm³/mol. The molecule has 0 saturated carbocycles. The van der Waals surface area contributed by atoms with Crippen LogP contribution in [0.5, 0.6) is 0 Å². The molecule has 0 saturated heterocycles. The quantitative estimate of drug-likeness (QED) is 0.177. The van der Waals surface area contributed by atoms with Gasteiger partial charge in [0, 0.05) is 61.0 Å². The predicted octanol–water partition coefficient (Wildman–Crippen LogP) is 12.8. The summed E-state index contributed by atoms with van der Waals surface area (Å²) in [7, 11) is 0. The summed E-state index contributed by atoms with van der Waals surface area (Å²) in [5, 5.41) is 8.56. The second-order valence-corrected chi connectivity index (χ2v) is 14.2. The Bertz CT molecular complexity index is 3180. The number of fused-ring (bicyclic) bond motifs is 7. The van der Waals surface area contributed by atoms with E-state index in [2.05, 4.69) is 142 Å². The van der Waals surface area contributed by atoms with E-state index in [1.54, 1.807) is 0 Å². The highest BCUT2D eigenvalue weighted by Gasteiger charge is 2.21. The van der Waals surface area contributed by atoms with Gasteiger partial charge in [-0.05, 0) is 60.7 Å². The highest BCUT2D eigenvalue weighted by atomic mass is 15.1. The van der Waals surface area contributed by atoms with Gasteiger partial charge < -0.3 is 14.5 Å². The van der Waals surface area contributed by atoms with Crippen LogP contribution in [0.15, 0.2) is 200 Å². The van der Waals surface area contributed by atoms with Gasteiger partial charge in [0.1, 0.15) is 0 Å². The lowest BCUT2D eigenvalue weighted by atomic mass is 10.1. The van der Waals surface area contributed by atoms with Gasteiger partial charge in [0.2, 0.25) is 0 Å². The van der Waals surface area contributed by atoms with Crippen molar-refractivity contribution in [3.05, 3.63) is 200 Å². The van der Waals surface area contributed by atoms with Crippen LogP contribution >= 0.6 is 0 Å². The number of rotatable bonds is 7. The maximum atomic E-state index is 4.94. The van der Waals surface area contributed by atoms with E-state index in [1.807, 2.05) is 72.8 Å². The molecule has 0 fully saturated rings. The van der Waals surface area contributed by atoms with E-state index in [9.17, 15) is 0 Å². The summed E-state index contributed by atoms with van der Waals surface area (Å²) >= 11 is 0. The Balaban J connectivity index is 1.00. The summed E-state index contributed by atoms with van der Waals surface area (Å²) in [4.78, 5) is 14.8. The first-order valence-electron chi connectivity index (χ1n) is 19.1. The fraction of sp³-hybridized carbons (Fsp3) is 0. The van der Waals surface area contributed by atoms with Crippen molar-refractivity contribution in [2.45, 2.75) is 0 Å². The molecule has 6 nitrogen and oxygen atoms in total. The molecule has 0 aliphatic heterocycles. The van der Waals surface area contributed by atoms with E-state index in [-0.39, 0.29) is 0 Å². The van der Waals surface area contributed by atoms with Crippen molar-refractivity contribution in [1.29, 1.82) is 0 Å². The van der Waals surface area contributed by atoms with Gasteiger partial charge in [-0.25, -0.2) is 15.0 Å². The number of nitrogens with zero attached hydrogens (tertiary/aromatic N) is 5. The maximum Gasteiger partial charge on any atom is 0.164 e. The minimum Gasteiger partial charge on any atom is -0.356 e. The van der Waals surface area contributed by atoms with Crippen molar-refractivity contribution in [3.63, 3.8) is 0 Å². The van der Waals surface area contributed by atoms with Crippen molar-refractivity contribution < 1.29 is 0 Å². The summed E-state index contributed by atoms with van der Waals surface area (Å²) in [6.07, 6.45) is 0. The number of hydrogen-bond acceptors (Lipinski definition) is 4. The van der Waals surface area contributed by atoms with Crippen LogP contribution in [-0.2, 0) is 0 Å². The van der Waals surface area contributed by atoms with Crippen LogP contribution in [0, 0.1) is 0 Å². The number of nitrogens with one attached hydrogen (secondary N) is 1. The van der Waals surface area contributed by atoms with Crippen molar-refractivity contribution in [3.8, 4) is 45.5 Å². The monoisotopic (exact) mass is 730 g/mol. The van der Waals surface area contributed by atoms with Crippen molar-refractivity contribution >= 4 is 55.0 Å². The van der Waals surface area contributed by atoms with Crippen LogP contribution in [-0.4, -0.2) is 24.1 Å². The van der Waals surface area contributed by atoms with Gasteiger partial charge >= 0.3 is 0 Å². The van der Waals surface area contributed by atoms with Crippen LogP contribution in [0.1, 0.15) is 0 Å². The van der Waals surface area contributed by atoms with Gasteiger partial charge in [-0.3, -0.25) is 0 Å². The molecule has 1 N–H and O–H groups in total. The van der Waals surface area contributed by atoms with E-state index in [4.69, 9.17) is 15.0 Å². The highest BCUT2D eigenvalue weighted by molar-refractivity contribution is 6.23. The van der Waals surface area contributed by atoms with E-state index in [0.29, 0.717) is 17.5 Å².